The van der Waals surface area contributed by atoms with Crippen LogP contribution in [-0.4, -0.2) is 119 Å². The van der Waals surface area contributed by atoms with Crippen LogP contribution < -0.4 is 11.2 Å². The highest BCUT2D eigenvalue weighted by atomic mass is 33.1. The van der Waals surface area contributed by atoms with Gasteiger partial charge in [0.25, 0.3) is 5.56 Å². The van der Waals surface area contributed by atoms with E-state index in [1.807, 2.05) is 17.1 Å². The molecule has 4 heterocycles. The van der Waals surface area contributed by atoms with Gasteiger partial charge < -0.3 is 33.7 Å². The van der Waals surface area contributed by atoms with Gasteiger partial charge in [-0.3, -0.25) is 19.3 Å². The molecule has 3 aliphatic heterocycles. The molecule has 4 aliphatic rings. The van der Waals surface area contributed by atoms with Gasteiger partial charge in [-0.05, 0) is 18.9 Å². The standard InChI is InChI=1S/C27H33N9O10S2/c1-15-10-35(25(39)32-23(15)37)20-9-18(33-34-28)19(46-20)12-45-27(41)43-5-7-48-47-6-4-42-26(40)44-11-16-2-3-17(8-16)36-14-31-21-22(36)29-13-30-24(21)38/h2-3,10,13-14,16-22H,4-9,11-12H2,1H3,(H,29,30,38)(H,32,37,39)/t16-,17?,18+,19-,20-,21?,22?/m1/s1. The smallest absolute Gasteiger partial charge is 0.495 e. The Morgan fingerprint density at radius 1 is 1.10 bits per heavy atom. The number of aromatic nitrogens is 2. The van der Waals surface area contributed by atoms with Crippen molar-refractivity contribution in [3.8, 4) is 0 Å². The molecule has 0 radical (unpaired) electrons. The fraction of sp³-hybridized carbons (Fsp3) is 0.593. The number of rotatable bonds is 14. The summed E-state index contributed by atoms with van der Waals surface area (Å²) in [4.78, 5) is 67.2. The summed E-state index contributed by atoms with van der Waals surface area (Å²) >= 11 is 0. The number of azide groups is 1. The van der Waals surface area contributed by atoms with Gasteiger partial charge in [0.05, 0.1) is 18.4 Å². The van der Waals surface area contributed by atoms with Crippen molar-refractivity contribution in [2.75, 3.05) is 37.9 Å². The Bertz CT molecular complexity index is 1620. The molecule has 5 rings (SSSR count). The van der Waals surface area contributed by atoms with Crippen LogP contribution in [0.2, 0.25) is 0 Å². The van der Waals surface area contributed by atoms with Crippen LogP contribution in [0.3, 0.4) is 0 Å². The number of hydrogen-bond donors (Lipinski definition) is 2. The van der Waals surface area contributed by atoms with Crippen molar-refractivity contribution in [2.24, 2.45) is 26.0 Å². The number of nitrogens with zero attached hydrogens (tertiary/aromatic N) is 8. The number of fused-ring (bicyclic) bond motifs is 1. The minimum absolute atomic E-state index is 0.00814. The first-order valence-corrected chi connectivity index (χ1v) is 17.3. The normalized spacial score (nSPS) is 26.9. The Morgan fingerprint density at radius 2 is 1.83 bits per heavy atom. The van der Waals surface area contributed by atoms with E-state index < -0.39 is 48.0 Å². The van der Waals surface area contributed by atoms with Crippen LogP contribution in [0.25, 0.3) is 10.4 Å². The zero-order valence-electron chi connectivity index (χ0n) is 25.6. The molecule has 0 bridgehead atoms. The maximum atomic E-state index is 12.2. The number of aliphatic hydroxyl groups excluding tert-OH is 1. The number of nitrogens with one attached hydrogen (secondary N) is 1. The average molecular weight is 708 g/mol. The molecular formula is C27H33N9O10S2. The number of ether oxygens (including phenoxy) is 5. The highest BCUT2D eigenvalue weighted by Gasteiger charge is 2.40. The van der Waals surface area contributed by atoms with Gasteiger partial charge in [0.2, 0.25) is 5.90 Å². The third kappa shape index (κ3) is 8.91. The SMILES string of the molecule is Cc1cn([C@H]2C[C@H](N=[N+]=[N-])[C@@H](COC(=O)OCCSSCCOC(=O)OC[C@@H]3C=CC(N4C=NC5C(O)=NC=NC54)C3)O2)c(=O)[nH]c1=O. The highest BCUT2D eigenvalue weighted by molar-refractivity contribution is 8.76. The maximum absolute atomic E-state index is 12.2. The minimum Gasteiger partial charge on any atom is -0.495 e. The minimum atomic E-state index is -0.937. The third-order valence-corrected chi connectivity index (χ3v) is 9.99. The van der Waals surface area contributed by atoms with Crippen molar-refractivity contribution in [1.82, 2.24) is 14.5 Å². The summed E-state index contributed by atoms with van der Waals surface area (Å²) in [6.45, 7) is 1.63. The van der Waals surface area contributed by atoms with Crippen LogP contribution in [0.4, 0.5) is 9.59 Å². The molecule has 1 aromatic rings. The number of H-pyrrole nitrogens is 1. The molecule has 258 valence electrons. The Hall–Kier alpha value is -4.46. The quantitative estimate of drug-likeness (QED) is 0.0537. The summed E-state index contributed by atoms with van der Waals surface area (Å²) in [6.07, 6.45) is 5.49. The topological polar surface area (TPSA) is 244 Å². The lowest BCUT2D eigenvalue weighted by Crippen LogP contribution is -2.44. The second-order valence-electron chi connectivity index (χ2n) is 10.8. The number of aromatic amines is 1. The predicted octanol–water partition coefficient (Wildman–Crippen LogP) is 2.48. The Morgan fingerprint density at radius 3 is 2.56 bits per heavy atom. The Kier molecular flexibility index (Phi) is 12.0. The molecule has 0 amide bonds. The molecule has 7 atom stereocenters. The van der Waals surface area contributed by atoms with Crippen LogP contribution in [0.1, 0.15) is 24.6 Å². The molecule has 21 heteroatoms. The lowest BCUT2D eigenvalue weighted by Gasteiger charge is -2.30. The van der Waals surface area contributed by atoms with E-state index in [4.69, 9.17) is 29.2 Å². The van der Waals surface area contributed by atoms with E-state index in [1.165, 1.54) is 45.6 Å². The van der Waals surface area contributed by atoms with Crippen LogP contribution in [-0.2, 0) is 23.7 Å². The maximum Gasteiger partial charge on any atom is 0.508 e. The Labute approximate surface area is 280 Å². The molecule has 3 unspecified atom stereocenters. The predicted molar refractivity (Wildman–Crippen MR) is 175 cm³/mol. The van der Waals surface area contributed by atoms with Crippen LogP contribution in [0.15, 0.2) is 48.0 Å². The van der Waals surface area contributed by atoms with Gasteiger partial charge in [0.15, 0.2) is 12.2 Å². The molecule has 0 saturated carbocycles. The molecule has 19 nitrogen and oxygen atoms in total. The first kappa shape index (κ1) is 34.9. The summed E-state index contributed by atoms with van der Waals surface area (Å²) in [5, 5.41) is 13.6. The fourth-order valence-electron chi connectivity index (χ4n) is 5.30. The average Bonchev–Trinajstić information content (AvgIpc) is 3.81. The van der Waals surface area contributed by atoms with E-state index in [0.717, 1.165) is 0 Å². The van der Waals surface area contributed by atoms with Gasteiger partial charge in [-0.15, -0.1) is 0 Å². The number of aryl methyl sites for hydroxylation is 1. The van der Waals surface area contributed by atoms with Crippen LogP contribution in [0, 0.1) is 12.8 Å². The molecule has 1 fully saturated rings. The molecule has 0 spiro atoms. The van der Waals surface area contributed by atoms with Crippen molar-refractivity contribution in [2.45, 2.75) is 56.4 Å². The van der Waals surface area contributed by atoms with Gasteiger partial charge in [-0.25, -0.2) is 24.4 Å². The highest BCUT2D eigenvalue weighted by Crippen LogP contribution is 2.31. The number of aliphatic imine (C=N–C) groups is 3. The molecular weight excluding hydrogens is 674 g/mol. The number of carbonyl (C=O) groups excluding carboxylic acids is 2. The van der Waals surface area contributed by atoms with Gasteiger partial charge in [-0.2, -0.15) is 0 Å². The Balaban J connectivity index is 0.887. The molecule has 0 aromatic carbocycles. The largest absolute Gasteiger partial charge is 0.508 e. The summed E-state index contributed by atoms with van der Waals surface area (Å²) in [6, 6.07) is -1.20. The summed E-state index contributed by atoms with van der Waals surface area (Å²) in [7, 11) is 2.83. The number of hydrogen-bond acceptors (Lipinski definition) is 16. The van der Waals surface area contributed by atoms with E-state index in [1.54, 1.807) is 6.34 Å². The molecule has 1 saturated heterocycles. The fourth-order valence-corrected chi connectivity index (χ4v) is 6.95. The number of aliphatic hydroxyl groups is 1. The zero-order chi connectivity index (χ0) is 34.0. The van der Waals surface area contributed by atoms with Crippen molar-refractivity contribution in [3.05, 3.63) is 55.2 Å². The van der Waals surface area contributed by atoms with Crippen molar-refractivity contribution in [3.63, 3.8) is 0 Å². The molecule has 2 N–H and O–H groups in total. The molecule has 1 aromatic heterocycles. The van der Waals surface area contributed by atoms with Crippen LogP contribution >= 0.6 is 21.6 Å². The van der Waals surface area contributed by atoms with E-state index in [0.29, 0.717) is 23.5 Å². The second-order valence-corrected chi connectivity index (χ2v) is 13.6. The van der Waals surface area contributed by atoms with Gasteiger partial charge >= 0.3 is 18.0 Å². The van der Waals surface area contributed by atoms with E-state index in [9.17, 15) is 24.3 Å². The molecule has 48 heavy (non-hydrogen) atoms. The van der Waals surface area contributed by atoms with Crippen molar-refractivity contribution >= 4 is 52.5 Å². The van der Waals surface area contributed by atoms with Crippen molar-refractivity contribution < 1.29 is 38.4 Å². The van der Waals surface area contributed by atoms with E-state index in [-0.39, 0.29) is 56.9 Å². The third-order valence-electron chi connectivity index (χ3n) is 7.65. The van der Waals surface area contributed by atoms with E-state index >= 15 is 0 Å². The summed E-state index contributed by atoms with van der Waals surface area (Å²) in [5.41, 5.74) is 8.01. The zero-order valence-corrected chi connectivity index (χ0v) is 27.2. The monoisotopic (exact) mass is 707 g/mol. The first-order valence-electron chi connectivity index (χ1n) is 14.9. The van der Waals surface area contributed by atoms with Gasteiger partial charge in [0, 0.05) is 40.5 Å². The van der Waals surface area contributed by atoms with Gasteiger partial charge in [-0.1, -0.05) is 38.9 Å². The summed E-state index contributed by atoms with van der Waals surface area (Å²) in [5.74, 6) is 0.879. The van der Waals surface area contributed by atoms with E-state index in [2.05, 4.69) is 30.0 Å². The van der Waals surface area contributed by atoms with Gasteiger partial charge in [0.1, 0.15) is 45.1 Å². The molecule has 1 aliphatic carbocycles. The lowest BCUT2D eigenvalue weighted by molar-refractivity contribution is -0.0415. The lowest BCUT2D eigenvalue weighted by atomic mass is 10.1. The van der Waals surface area contributed by atoms with Crippen molar-refractivity contribution in [1.29, 1.82) is 0 Å². The summed E-state index contributed by atoms with van der Waals surface area (Å²) < 4.78 is 27.5. The number of carbonyl (C=O) groups is 2. The van der Waals surface area contributed by atoms with Crippen LogP contribution in [0.5, 0.6) is 0 Å². The first-order chi connectivity index (χ1) is 23.2. The second kappa shape index (κ2) is 16.6.